The number of benzene rings is 2. The van der Waals surface area contributed by atoms with Crippen molar-refractivity contribution in [3.05, 3.63) is 59.7 Å². The lowest BCUT2D eigenvalue weighted by molar-refractivity contribution is 0.815. The van der Waals surface area contributed by atoms with E-state index in [1.54, 1.807) is 0 Å². The molecule has 0 fully saturated rings. The standard InChI is InChI=1S/C16H20N2/c1-12-8-4-6-10-15(12)18(3)16-11-7-5-9-14(16)13(2)17/h4-11,13H,17H2,1-3H3/t13-/m0/s1. The van der Waals surface area contributed by atoms with Crippen LogP contribution in [-0.4, -0.2) is 7.05 Å². The van der Waals surface area contributed by atoms with Crippen LogP contribution < -0.4 is 10.6 Å². The molecule has 0 amide bonds. The maximum absolute atomic E-state index is 6.04. The summed E-state index contributed by atoms with van der Waals surface area (Å²) >= 11 is 0. The van der Waals surface area contributed by atoms with Gasteiger partial charge in [0, 0.05) is 24.5 Å². The van der Waals surface area contributed by atoms with Crippen molar-refractivity contribution in [3.63, 3.8) is 0 Å². The third-order valence-electron chi connectivity index (χ3n) is 3.27. The van der Waals surface area contributed by atoms with Crippen LogP contribution in [0.5, 0.6) is 0 Å². The Hall–Kier alpha value is -1.80. The van der Waals surface area contributed by atoms with Gasteiger partial charge in [-0.25, -0.2) is 0 Å². The zero-order valence-corrected chi connectivity index (χ0v) is 11.2. The topological polar surface area (TPSA) is 29.3 Å². The summed E-state index contributed by atoms with van der Waals surface area (Å²) in [5, 5.41) is 0. The van der Waals surface area contributed by atoms with Crippen LogP contribution in [0.15, 0.2) is 48.5 Å². The van der Waals surface area contributed by atoms with E-state index in [2.05, 4.69) is 61.3 Å². The van der Waals surface area contributed by atoms with Gasteiger partial charge >= 0.3 is 0 Å². The summed E-state index contributed by atoms with van der Waals surface area (Å²) in [6.07, 6.45) is 0. The van der Waals surface area contributed by atoms with Gasteiger partial charge in [-0.3, -0.25) is 0 Å². The van der Waals surface area contributed by atoms with E-state index in [0.29, 0.717) is 0 Å². The molecule has 0 unspecified atom stereocenters. The maximum atomic E-state index is 6.04. The van der Waals surface area contributed by atoms with Crippen LogP contribution in [0.2, 0.25) is 0 Å². The van der Waals surface area contributed by atoms with E-state index in [4.69, 9.17) is 5.73 Å². The van der Waals surface area contributed by atoms with Gasteiger partial charge in [-0.15, -0.1) is 0 Å². The highest BCUT2D eigenvalue weighted by molar-refractivity contribution is 5.68. The zero-order valence-electron chi connectivity index (χ0n) is 11.2. The molecule has 0 heterocycles. The summed E-state index contributed by atoms with van der Waals surface area (Å²) in [6.45, 7) is 4.14. The zero-order chi connectivity index (χ0) is 13.1. The van der Waals surface area contributed by atoms with Gasteiger partial charge in [0.2, 0.25) is 0 Å². The van der Waals surface area contributed by atoms with Crippen molar-refractivity contribution in [2.45, 2.75) is 19.9 Å². The highest BCUT2D eigenvalue weighted by Crippen LogP contribution is 2.31. The first-order valence-electron chi connectivity index (χ1n) is 6.25. The summed E-state index contributed by atoms with van der Waals surface area (Å²) < 4.78 is 0. The van der Waals surface area contributed by atoms with E-state index in [1.165, 1.54) is 22.5 Å². The summed E-state index contributed by atoms with van der Waals surface area (Å²) in [5.41, 5.74) is 10.9. The summed E-state index contributed by atoms with van der Waals surface area (Å²) in [6, 6.07) is 16.7. The van der Waals surface area contributed by atoms with Crippen LogP contribution >= 0.6 is 0 Å². The molecular formula is C16H20N2. The number of nitrogens with two attached hydrogens (primary N) is 1. The fourth-order valence-corrected chi connectivity index (χ4v) is 2.25. The molecule has 2 aromatic rings. The lowest BCUT2D eigenvalue weighted by Gasteiger charge is -2.25. The number of nitrogens with zero attached hydrogens (tertiary/aromatic N) is 1. The van der Waals surface area contributed by atoms with Crippen LogP contribution in [-0.2, 0) is 0 Å². The molecule has 0 aromatic heterocycles. The van der Waals surface area contributed by atoms with Crippen molar-refractivity contribution in [2.75, 3.05) is 11.9 Å². The second kappa shape index (κ2) is 5.23. The fraction of sp³-hybridized carbons (Fsp3) is 0.250. The van der Waals surface area contributed by atoms with Crippen molar-refractivity contribution < 1.29 is 0 Å². The Morgan fingerprint density at radius 3 is 2.11 bits per heavy atom. The minimum Gasteiger partial charge on any atom is -0.344 e. The van der Waals surface area contributed by atoms with E-state index in [-0.39, 0.29) is 6.04 Å². The summed E-state index contributed by atoms with van der Waals surface area (Å²) in [4.78, 5) is 2.20. The molecule has 0 saturated carbocycles. The predicted molar refractivity (Wildman–Crippen MR) is 78.3 cm³/mol. The van der Waals surface area contributed by atoms with Crippen LogP contribution in [0, 0.1) is 6.92 Å². The Bertz CT molecular complexity index is 532. The molecule has 94 valence electrons. The largest absolute Gasteiger partial charge is 0.344 e. The first-order chi connectivity index (χ1) is 8.61. The molecule has 0 spiro atoms. The third kappa shape index (κ3) is 2.39. The van der Waals surface area contributed by atoms with Gasteiger partial charge in [0.1, 0.15) is 0 Å². The molecule has 0 radical (unpaired) electrons. The van der Waals surface area contributed by atoms with E-state index in [9.17, 15) is 0 Å². The predicted octanol–water partition coefficient (Wildman–Crippen LogP) is 3.78. The maximum Gasteiger partial charge on any atom is 0.0456 e. The van der Waals surface area contributed by atoms with Gasteiger partial charge in [-0.2, -0.15) is 0 Å². The second-order valence-corrected chi connectivity index (χ2v) is 4.69. The smallest absolute Gasteiger partial charge is 0.0456 e. The monoisotopic (exact) mass is 240 g/mol. The molecule has 18 heavy (non-hydrogen) atoms. The second-order valence-electron chi connectivity index (χ2n) is 4.69. The Morgan fingerprint density at radius 2 is 1.50 bits per heavy atom. The molecular weight excluding hydrogens is 220 g/mol. The van der Waals surface area contributed by atoms with Crippen molar-refractivity contribution in [1.82, 2.24) is 0 Å². The van der Waals surface area contributed by atoms with Crippen molar-refractivity contribution >= 4 is 11.4 Å². The molecule has 0 bridgehead atoms. The molecule has 2 rings (SSSR count). The van der Waals surface area contributed by atoms with Crippen molar-refractivity contribution in [1.29, 1.82) is 0 Å². The van der Waals surface area contributed by atoms with Crippen LogP contribution in [0.4, 0.5) is 11.4 Å². The molecule has 2 nitrogen and oxygen atoms in total. The Kier molecular flexibility index (Phi) is 3.68. The van der Waals surface area contributed by atoms with Gasteiger partial charge in [0.15, 0.2) is 0 Å². The number of rotatable bonds is 3. The lowest BCUT2D eigenvalue weighted by atomic mass is 10.0. The van der Waals surface area contributed by atoms with Gasteiger partial charge in [-0.05, 0) is 37.1 Å². The highest BCUT2D eigenvalue weighted by atomic mass is 15.1. The minimum absolute atomic E-state index is 0.0349. The average Bonchev–Trinajstić information content (AvgIpc) is 2.38. The van der Waals surface area contributed by atoms with E-state index >= 15 is 0 Å². The molecule has 0 aliphatic rings. The first kappa shape index (κ1) is 12.7. The van der Waals surface area contributed by atoms with Gasteiger partial charge < -0.3 is 10.6 Å². The number of para-hydroxylation sites is 2. The number of hydrogen-bond acceptors (Lipinski definition) is 2. The average molecular weight is 240 g/mol. The van der Waals surface area contributed by atoms with Crippen molar-refractivity contribution in [2.24, 2.45) is 5.73 Å². The van der Waals surface area contributed by atoms with E-state index in [1.807, 2.05) is 13.0 Å². The molecule has 2 aromatic carbocycles. The highest BCUT2D eigenvalue weighted by Gasteiger charge is 2.12. The first-order valence-corrected chi connectivity index (χ1v) is 6.25. The van der Waals surface area contributed by atoms with Gasteiger partial charge in [0.05, 0.1) is 0 Å². The summed E-state index contributed by atoms with van der Waals surface area (Å²) in [5.74, 6) is 0. The Labute approximate surface area is 109 Å². The lowest BCUT2D eigenvalue weighted by Crippen LogP contribution is -2.16. The minimum atomic E-state index is 0.0349. The normalized spacial score (nSPS) is 12.2. The van der Waals surface area contributed by atoms with Crippen LogP contribution in [0.3, 0.4) is 0 Å². The molecule has 0 aliphatic heterocycles. The Morgan fingerprint density at radius 1 is 0.944 bits per heavy atom. The fourth-order valence-electron chi connectivity index (χ4n) is 2.25. The molecule has 1 atom stereocenters. The third-order valence-corrected chi connectivity index (χ3v) is 3.27. The molecule has 0 aliphatic carbocycles. The van der Waals surface area contributed by atoms with Gasteiger partial charge in [0.25, 0.3) is 0 Å². The van der Waals surface area contributed by atoms with E-state index in [0.717, 1.165) is 0 Å². The summed E-state index contributed by atoms with van der Waals surface area (Å²) in [7, 11) is 2.09. The number of anilines is 2. The molecule has 2 heteroatoms. The SMILES string of the molecule is Cc1ccccc1N(C)c1ccccc1[C@H](C)N. The van der Waals surface area contributed by atoms with Crippen molar-refractivity contribution in [3.8, 4) is 0 Å². The van der Waals surface area contributed by atoms with Crippen LogP contribution in [0.1, 0.15) is 24.1 Å². The molecule has 2 N–H and O–H groups in total. The van der Waals surface area contributed by atoms with Crippen LogP contribution in [0.25, 0.3) is 0 Å². The van der Waals surface area contributed by atoms with Gasteiger partial charge in [-0.1, -0.05) is 36.4 Å². The number of aryl methyl sites for hydroxylation is 1. The van der Waals surface area contributed by atoms with E-state index < -0.39 is 0 Å². The quantitative estimate of drug-likeness (QED) is 0.884. The number of hydrogen-bond donors (Lipinski definition) is 1. The molecule has 0 saturated heterocycles. The Balaban J connectivity index is 2.46.